The normalized spacial score (nSPS) is 11.3. The van der Waals surface area contributed by atoms with Crippen molar-refractivity contribution in [2.24, 2.45) is 5.14 Å². The molecular formula is C13H13ClN2O4S. The zero-order valence-corrected chi connectivity index (χ0v) is 12.5. The molecule has 0 aliphatic carbocycles. The van der Waals surface area contributed by atoms with Crippen LogP contribution in [0.25, 0.3) is 0 Å². The zero-order valence-electron chi connectivity index (χ0n) is 10.9. The van der Waals surface area contributed by atoms with Crippen LogP contribution in [0.5, 0.6) is 5.75 Å². The van der Waals surface area contributed by atoms with Crippen molar-refractivity contribution in [3.05, 3.63) is 58.0 Å². The van der Waals surface area contributed by atoms with E-state index in [1.54, 1.807) is 18.3 Å². The summed E-state index contributed by atoms with van der Waals surface area (Å²) in [6.45, 7) is 0.403. The average Bonchev–Trinajstić information content (AvgIpc) is 2.41. The molecule has 1 aromatic heterocycles. The highest BCUT2D eigenvalue weighted by molar-refractivity contribution is 7.89. The van der Waals surface area contributed by atoms with Crippen LogP contribution >= 0.6 is 11.6 Å². The number of sulfonamides is 1. The predicted molar refractivity (Wildman–Crippen MR) is 79.0 cm³/mol. The minimum absolute atomic E-state index is 0.103. The smallest absolute Gasteiger partial charge is 0.250 e. The van der Waals surface area contributed by atoms with E-state index in [1.807, 2.05) is 0 Å². The van der Waals surface area contributed by atoms with Gasteiger partial charge in [0, 0.05) is 17.3 Å². The van der Waals surface area contributed by atoms with Crippen LogP contribution < -0.4 is 15.4 Å². The molecule has 0 bridgehead atoms. The van der Waals surface area contributed by atoms with Crippen molar-refractivity contribution in [2.45, 2.75) is 11.4 Å². The summed E-state index contributed by atoms with van der Waals surface area (Å²) >= 11 is 5.75. The summed E-state index contributed by atoms with van der Waals surface area (Å²) in [5.41, 5.74) is -0.163. The second kappa shape index (κ2) is 6.30. The first-order valence-electron chi connectivity index (χ1n) is 5.98. The first-order valence-corrected chi connectivity index (χ1v) is 7.91. The summed E-state index contributed by atoms with van der Waals surface area (Å²) in [6.07, 6.45) is 1.62. The number of benzene rings is 1. The number of aromatic nitrogens is 1. The zero-order chi connectivity index (χ0) is 15.5. The first kappa shape index (κ1) is 15.6. The minimum Gasteiger partial charge on any atom is -0.490 e. The third-order valence-corrected chi connectivity index (χ3v) is 3.87. The molecule has 21 heavy (non-hydrogen) atoms. The fraction of sp³-hybridized carbons (Fsp3) is 0.154. The monoisotopic (exact) mass is 328 g/mol. The van der Waals surface area contributed by atoms with Gasteiger partial charge < -0.3 is 9.30 Å². The molecule has 0 fully saturated rings. The quantitative estimate of drug-likeness (QED) is 0.893. The van der Waals surface area contributed by atoms with Crippen LogP contribution in [0.15, 0.2) is 52.3 Å². The van der Waals surface area contributed by atoms with E-state index in [0.717, 1.165) is 0 Å². The third-order valence-electron chi connectivity index (χ3n) is 2.70. The standard InChI is InChI=1S/C13H13ClN2O4S/c14-10-4-5-11(12(9-10)21(15,18)19)20-8-7-16-6-2-1-3-13(16)17/h1-6,9H,7-8H2,(H2,15,18,19). The molecule has 0 unspecified atom stereocenters. The first-order chi connectivity index (χ1) is 9.88. The fourth-order valence-corrected chi connectivity index (χ4v) is 2.66. The molecule has 0 saturated heterocycles. The van der Waals surface area contributed by atoms with Gasteiger partial charge >= 0.3 is 0 Å². The summed E-state index contributed by atoms with van der Waals surface area (Å²) in [5.74, 6) is 0.103. The number of hydrogen-bond acceptors (Lipinski definition) is 4. The van der Waals surface area contributed by atoms with Gasteiger partial charge in [-0.3, -0.25) is 4.79 Å². The molecule has 2 aromatic rings. The van der Waals surface area contributed by atoms with Crippen molar-refractivity contribution in [1.82, 2.24) is 4.57 Å². The Kier molecular flexibility index (Phi) is 4.66. The average molecular weight is 329 g/mol. The van der Waals surface area contributed by atoms with E-state index >= 15 is 0 Å². The van der Waals surface area contributed by atoms with E-state index in [1.165, 1.54) is 28.8 Å². The summed E-state index contributed by atoms with van der Waals surface area (Å²) in [5, 5.41) is 5.35. The molecule has 112 valence electrons. The van der Waals surface area contributed by atoms with Crippen molar-refractivity contribution < 1.29 is 13.2 Å². The van der Waals surface area contributed by atoms with Crippen molar-refractivity contribution in [3.63, 3.8) is 0 Å². The molecule has 6 nitrogen and oxygen atoms in total. The molecule has 0 saturated carbocycles. The lowest BCUT2D eigenvalue weighted by Gasteiger charge is -2.11. The Bertz CT molecular complexity index is 802. The van der Waals surface area contributed by atoms with Gasteiger partial charge in [-0.2, -0.15) is 0 Å². The van der Waals surface area contributed by atoms with Gasteiger partial charge in [0.15, 0.2) is 0 Å². The van der Waals surface area contributed by atoms with Gasteiger partial charge in [0.2, 0.25) is 10.0 Å². The summed E-state index contributed by atoms with van der Waals surface area (Å²) < 4.78 is 29.8. The molecule has 1 aromatic carbocycles. The summed E-state index contributed by atoms with van der Waals surface area (Å²) in [4.78, 5) is 11.3. The number of ether oxygens (including phenoxy) is 1. The second-order valence-electron chi connectivity index (χ2n) is 4.22. The highest BCUT2D eigenvalue weighted by Crippen LogP contribution is 2.26. The van der Waals surface area contributed by atoms with Crippen molar-refractivity contribution in [1.29, 1.82) is 0 Å². The molecule has 0 aliphatic rings. The Balaban J connectivity index is 2.14. The Morgan fingerprint density at radius 1 is 1.24 bits per heavy atom. The highest BCUT2D eigenvalue weighted by Gasteiger charge is 2.15. The lowest BCUT2D eigenvalue weighted by molar-refractivity contribution is 0.289. The Morgan fingerprint density at radius 3 is 2.67 bits per heavy atom. The maximum Gasteiger partial charge on any atom is 0.250 e. The van der Waals surface area contributed by atoms with Crippen LogP contribution in [-0.4, -0.2) is 19.6 Å². The number of primary sulfonamides is 1. The van der Waals surface area contributed by atoms with Gasteiger partial charge in [-0.1, -0.05) is 17.7 Å². The van der Waals surface area contributed by atoms with E-state index in [4.69, 9.17) is 21.5 Å². The van der Waals surface area contributed by atoms with Crippen LogP contribution in [0.4, 0.5) is 0 Å². The van der Waals surface area contributed by atoms with Gasteiger partial charge in [-0.15, -0.1) is 0 Å². The van der Waals surface area contributed by atoms with Gasteiger partial charge in [0.05, 0.1) is 6.54 Å². The Labute approximate surface area is 126 Å². The topological polar surface area (TPSA) is 91.4 Å². The molecule has 0 atom stereocenters. The molecule has 1 heterocycles. The lowest BCUT2D eigenvalue weighted by Crippen LogP contribution is -2.22. The van der Waals surface area contributed by atoms with E-state index in [9.17, 15) is 13.2 Å². The molecule has 2 N–H and O–H groups in total. The maximum absolute atomic E-state index is 11.5. The minimum atomic E-state index is -3.94. The number of pyridine rings is 1. The highest BCUT2D eigenvalue weighted by atomic mass is 35.5. The Hall–Kier alpha value is -1.83. The molecular weight excluding hydrogens is 316 g/mol. The molecule has 0 radical (unpaired) electrons. The van der Waals surface area contributed by atoms with Crippen LogP contribution in [0.3, 0.4) is 0 Å². The largest absolute Gasteiger partial charge is 0.490 e. The molecule has 2 rings (SSSR count). The van der Waals surface area contributed by atoms with Crippen LogP contribution in [-0.2, 0) is 16.6 Å². The van der Waals surface area contributed by atoms with Gasteiger partial charge in [0.1, 0.15) is 17.3 Å². The number of rotatable bonds is 5. The predicted octanol–water partition coefficient (Wildman–Crippen LogP) is 1.23. The summed E-state index contributed by atoms with van der Waals surface area (Å²) in [7, 11) is -3.94. The number of nitrogens with zero attached hydrogens (tertiary/aromatic N) is 1. The fourth-order valence-electron chi connectivity index (χ4n) is 1.72. The SMILES string of the molecule is NS(=O)(=O)c1cc(Cl)ccc1OCCn1ccccc1=O. The van der Waals surface area contributed by atoms with E-state index in [-0.39, 0.29) is 34.4 Å². The van der Waals surface area contributed by atoms with Crippen molar-refractivity contribution in [3.8, 4) is 5.75 Å². The van der Waals surface area contributed by atoms with Crippen molar-refractivity contribution in [2.75, 3.05) is 6.61 Å². The van der Waals surface area contributed by atoms with Crippen molar-refractivity contribution >= 4 is 21.6 Å². The molecule has 0 spiro atoms. The maximum atomic E-state index is 11.5. The van der Waals surface area contributed by atoms with Gasteiger partial charge in [0.25, 0.3) is 5.56 Å². The molecule has 0 amide bonds. The number of hydrogen-bond donors (Lipinski definition) is 1. The molecule has 0 aliphatic heterocycles. The number of halogens is 1. The van der Waals surface area contributed by atoms with E-state index < -0.39 is 10.0 Å². The van der Waals surface area contributed by atoms with Crippen LogP contribution in [0.1, 0.15) is 0 Å². The molecule has 8 heteroatoms. The number of nitrogens with two attached hydrogens (primary N) is 1. The second-order valence-corrected chi connectivity index (χ2v) is 6.18. The van der Waals surface area contributed by atoms with E-state index in [2.05, 4.69) is 0 Å². The lowest BCUT2D eigenvalue weighted by atomic mass is 10.3. The van der Waals surface area contributed by atoms with Crippen LogP contribution in [0, 0.1) is 0 Å². The third kappa shape index (κ3) is 4.07. The van der Waals surface area contributed by atoms with E-state index in [0.29, 0.717) is 0 Å². The van der Waals surface area contributed by atoms with Gasteiger partial charge in [-0.25, -0.2) is 13.6 Å². The Morgan fingerprint density at radius 2 is 2.00 bits per heavy atom. The van der Waals surface area contributed by atoms with Crippen LogP contribution in [0.2, 0.25) is 5.02 Å². The van der Waals surface area contributed by atoms with Gasteiger partial charge in [-0.05, 0) is 24.3 Å². The summed E-state index contributed by atoms with van der Waals surface area (Å²) in [6, 6.07) is 8.94.